The summed E-state index contributed by atoms with van der Waals surface area (Å²) < 4.78 is 25.0. The van der Waals surface area contributed by atoms with Crippen molar-refractivity contribution in [2.45, 2.75) is 31.8 Å². The highest BCUT2D eigenvalue weighted by molar-refractivity contribution is 6.14. The summed E-state index contributed by atoms with van der Waals surface area (Å²) in [5, 5.41) is 14.7. The highest BCUT2D eigenvalue weighted by Crippen LogP contribution is 2.35. The molecule has 35 heavy (non-hydrogen) atoms. The number of rotatable bonds is 8. The second-order valence-corrected chi connectivity index (χ2v) is 8.36. The topological polar surface area (TPSA) is 78.2 Å². The Kier molecular flexibility index (Phi) is 7.29. The van der Waals surface area contributed by atoms with Crippen LogP contribution in [0, 0.1) is 11.2 Å². The van der Waals surface area contributed by atoms with Crippen LogP contribution in [0.2, 0.25) is 0 Å². The fraction of sp³-hybridized carbons (Fsp3) is 0.296. The molecular weight excluding hydrogens is 447 g/mol. The van der Waals surface area contributed by atoms with Gasteiger partial charge >= 0.3 is 0 Å². The lowest BCUT2D eigenvalue weighted by atomic mass is 9.95. The first kappa shape index (κ1) is 24.2. The molecule has 0 bridgehead atoms. The second kappa shape index (κ2) is 10.5. The van der Waals surface area contributed by atoms with Crippen LogP contribution in [0.1, 0.15) is 25.3 Å². The molecule has 2 aromatic carbocycles. The molecule has 2 heterocycles. The maximum Gasteiger partial charge on any atom is 0.246 e. The van der Waals surface area contributed by atoms with E-state index in [0.717, 1.165) is 23.3 Å². The molecule has 0 radical (unpaired) electrons. The molecule has 1 fully saturated rings. The number of para-hydroxylation sites is 1. The Hall–Kier alpha value is -3.94. The molecule has 1 saturated heterocycles. The average Bonchev–Trinajstić information content (AvgIpc) is 3.49. The van der Waals surface area contributed by atoms with Crippen LogP contribution in [-0.4, -0.2) is 60.0 Å². The number of likely N-dealkylation sites (tertiary alicyclic amines) is 1. The fourth-order valence-electron chi connectivity index (χ4n) is 4.64. The van der Waals surface area contributed by atoms with E-state index in [9.17, 15) is 9.18 Å². The number of nitrogens with one attached hydrogen (secondary N) is 1. The maximum atomic E-state index is 14.0. The van der Waals surface area contributed by atoms with Gasteiger partial charge in [-0.2, -0.15) is 5.10 Å². The van der Waals surface area contributed by atoms with E-state index in [4.69, 9.17) is 20.0 Å². The Labute approximate surface area is 204 Å². The minimum atomic E-state index is -0.489. The average molecular weight is 477 g/mol. The summed E-state index contributed by atoms with van der Waals surface area (Å²) >= 11 is 0. The van der Waals surface area contributed by atoms with Gasteiger partial charge in [0.25, 0.3) is 0 Å². The van der Waals surface area contributed by atoms with Crippen LogP contribution in [0.15, 0.2) is 71.9 Å². The largest absolute Gasteiger partial charge is 0.490 e. The molecule has 2 atom stereocenters. The standard InChI is InChI=1S/C27H29FN4O3/c1-4-21-23(13-15-29)32(19-14-16-31(17-19)25(33)5-2)30-26(21)18-9-11-20(12-10-18)35-24-8-6-7-22(28)27(24)34-3/h4-12,15,19,23,29H,2,13-14,16-17H2,1,3H3/b21-4+,29-15?/t19-,23?/m1/s1. The van der Waals surface area contributed by atoms with Crippen LogP contribution in [0.5, 0.6) is 17.2 Å². The molecule has 7 nitrogen and oxygen atoms in total. The molecule has 8 heteroatoms. The third kappa shape index (κ3) is 4.82. The number of hydrogen-bond acceptors (Lipinski definition) is 6. The van der Waals surface area contributed by atoms with Crippen molar-refractivity contribution in [3.63, 3.8) is 0 Å². The monoisotopic (exact) mass is 476 g/mol. The van der Waals surface area contributed by atoms with Crippen LogP contribution >= 0.6 is 0 Å². The molecule has 1 N–H and O–H groups in total. The fourth-order valence-corrected chi connectivity index (χ4v) is 4.64. The van der Waals surface area contributed by atoms with Gasteiger partial charge in [-0.15, -0.1) is 0 Å². The van der Waals surface area contributed by atoms with Crippen LogP contribution < -0.4 is 9.47 Å². The number of nitrogens with zero attached hydrogens (tertiary/aromatic N) is 3. The number of hydrogen-bond donors (Lipinski definition) is 1. The molecule has 0 aromatic heterocycles. The Bertz CT molecular complexity index is 1180. The van der Waals surface area contributed by atoms with Gasteiger partial charge in [0.2, 0.25) is 5.91 Å². The van der Waals surface area contributed by atoms with Gasteiger partial charge in [0.15, 0.2) is 17.3 Å². The molecule has 0 saturated carbocycles. The van der Waals surface area contributed by atoms with E-state index < -0.39 is 5.82 Å². The SMILES string of the molecule is C=CC(=O)N1CC[C@@H](N2N=C(c3ccc(Oc4cccc(F)c4OC)cc3)/C(=C/C)C2CC=N)C1. The molecule has 0 spiro atoms. The van der Waals surface area contributed by atoms with Gasteiger partial charge in [-0.3, -0.25) is 9.80 Å². The van der Waals surface area contributed by atoms with Gasteiger partial charge in [-0.1, -0.05) is 18.7 Å². The van der Waals surface area contributed by atoms with E-state index in [1.165, 1.54) is 25.5 Å². The normalized spacial score (nSPS) is 20.7. The lowest BCUT2D eigenvalue weighted by molar-refractivity contribution is -0.125. The summed E-state index contributed by atoms with van der Waals surface area (Å²) in [6, 6.07) is 12.0. The summed E-state index contributed by atoms with van der Waals surface area (Å²) in [7, 11) is 1.40. The lowest BCUT2D eigenvalue weighted by Crippen LogP contribution is -2.40. The Balaban J connectivity index is 1.58. The highest BCUT2D eigenvalue weighted by Gasteiger charge is 2.39. The van der Waals surface area contributed by atoms with E-state index in [2.05, 4.69) is 6.58 Å². The van der Waals surface area contributed by atoms with E-state index in [0.29, 0.717) is 31.0 Å². The minimum absolute atomic E-state index is 0.0543. The third-order valence-electron chi connectivity index (χ3n) is 6.33. The lowest BCUT2D eigenvalue weighted by Gasteiger charge is -2.29. The molecule has 2 aromatic rings. The Morgan fingerprint density at radius 3 is 2.71 bits per heavy atom. The van der Waals surface area contributed by atoms with Gasteiger partial charge in [0, 0.05) is 30.6 Å². The molecule has 1 unspecified atom stereocenters. The van der Waals surface area contributed by atoms with E-state index in [1.807, 2.05) is 42.3 Å². The predicted octanol–water partition coefficient (Wildman–Crippen LogP) is 4.79. The number of hydrazone groups is 1. The number of allylic oxidation sites excluding steroid dienone is 1. The van der Waals surface area contributed by atoms with Gasteiger partial charge in [-0.25, -0.2) is 4.39 Å². The number of ether oxygens (including phenoxy) is 2. The quantitative estimate of drug-likeness (QED) is 0.439. The first-order valence-corrected chi connectivity index (χ1v) is 11.5. The number of carbonyl (C=O) groups excluding carboxylic acids is 1. The van der Waals surface area contributed by atoms with Crippen molar-refractivity contribution in [2.24, 2.45) is 5.10 Å². The summed E-state index contributed by atoms with van der Waals surface area (Å²) in [6.07, 6.45) is 6.13. The molecule has 182 valence electrons. The minimum Gasteiger partial charge on any atom is -0.490 e. The van der Waals surface area contributed by atoms with E-state index in [-0.39, 0.29) is 23.7 Å². The molecular formula is C27H29FN4O3. The number of carbonyl (C=O) groups is 1. The second-order valence-electron chi connectivity index (χ2n) is 8.36. The molecule has 2 aliphatic rings. The Morgan fingerprint density at radius 2 is 2.06 bits per heavy atom. The van der Waals surface area contributed by atoms with Crippen molar-refractivity contribution in [2.75, 3.05) is 20.2 Å². The van der Waals surface area contributed by atoms with Crippen molar-refractivity contribution in [1.29, 1.82) is 5.41 Å². The van der Waals surface area contributed by atoms with Crippen molar-refractivity contribution in [3.05, 3.63) is 78.1 Å². The highest BCUT2D eigenvalue weighted by atomic mass is 19.1. The zero-order valence-electron chi connectivity index (χ0n) is 19.9. The van der Waals surface area contributed by atoms with Crippen molar-refractivity contribution >= 4 is 17.8 Å². The summed E-state index contributed by atoms with van der Waals surface area (Å²) in [6.45, 7) is 6.80. The molecule has 2 aliphatic heterocycles. The molecule has 0 aliphatic carbocycles. The first-order valence-electron chi connectivity index (χ1n) is 11.5. The summed E-state index contributed by atoms with van der Waals surface area (Å²) in [5.74, 6) is 0.331. The van der Waals surface area contributed by atoms with E-state index >= 15 is 0 Å². The van der Waals surface area contributed by atoms with Crippen LogP contribution in [0.25, 0.3) is 0 Å². The van der Waals surface area contributed by atoms with Crippen LogP contribution in [0.3, 0.4) is 0 Å². The van der Waals surface area contributed by atoms with Gasteiger partial charge in [0.1, 0.15) is 5.75 Å². The van der Waals surface area contributed by atoms with Gasteiger partial charge in [0.05, 0.1) is 24.9 Å². The molecule has 4 rings (SSSR count). The van der Waals surface area contributed by atoms with Crippen molar-refractivity contribution in [3.8, 4) is 17.2 Å². The zero-order chi connectivity index (χ0) is 24.9. The van der Waals surface area contributed by atoms with Crippen LogP contribution in [-0.2, 0) is 4.79 Å². The van der Waals surface area contributed by atoms with Gasteiger partial charge < -0.3 is 19.8 Å². The maximum absolute atomic E-state index is 14.0. The van der Waals surface area contributed by atoms with Crippen molar-refractivity contribution in [1.82, 2.24) is 9.91 Å². The number of halogens is 1. The van der Waals surface area contributed by atoms with Gasteiger partial charge in [-0.05, 0) is 62.0 Å². The Morgan fingerprint density at radius 1 is 1.29 bits per heavy atom. The first-order chi connectivity index (χ1) is 17.0. The number of benzene rings is 2. The zero-order valence-corrected chi connectivity index (χ0v) is 19.9. The number of amides is 1. The summed E-state index contributed by atoms with van der Waals surface area (Å²) in [5.41, 5.74) is 2.79. The summed E-state index contributed by atoms with van der Waals surface area (Å²) in [4.78, 5) is 13.9. The third-order valence-corrected chi connectivity index (χ3v) is 6.33. The number of methoxy groups -OCH3 is 1. The smallest absolute Gasteiger partial charge is 0.246 e. The van der Waals surface area contributed by atoms with E-state index in [1.54, 1.807) is 17.0 Å². The van der Waals surface area contributed by atoms with Crippen LogP contribution in [0.4, 0.5) is 4.39 Å². The van der Waals surface area contributed by atoms with Crippen molar-refractivity contribution < 1.29 is 18.7 Å². The molecule has 1 amide bonds. The predicted molar refractivity (Wildman–Crippen MR) is 134 cm³/mol.